The second kappa shape index (κ2) is 8.81. The lowest BCUT2D eigenvalue weighted by Gasteiger charge is -2.30. The molecule has 0 bridgehead atoms. The molecule has 3 N–H and O–H groups in total. The van der Waals surface area contributed by atoms with Gasteiger partial charge in [0.2, 0.25) is 0 Å². The van der Waals surface area contributed by atoms with Crippen molar-refractivity contribution in [3.8, 4) is 0 Å². The molecule has 4 heteroatoms. The third-order valence-electron chi connectivity index (χ3n) is 4.37. The van der Waals surface area contributed by atoms with Gasteiger partial charge < -0.3 is 15.7 Å². The van der Waals surface area contributed by atoms with E-state index in [9.17, 15) is 5.11 Å². The molecule has 0 aromatic heterocycles. The minimum Gasteiger partial charge on any atom is -0.396 e. The van der Waals surface area contributed by atoms with Crippen LogP contribution in [0, 0.1) is 6.92 Å². The molecule has 1 atom stereocenters. The van der Waals surface area contributed by atoms with Crippen LogP contribution in [0.5, 0.6) is 0 Å². The molecule has 3 nitrogen and oxygen atoms in total. The molecule has 0 radical (unpaired) electrons. The summed E-state index contributed by atoms with van der Waals surface area (Å²) in [7, 11) is 0. The van der Waals surface area contributed by atoms with Crippen LogP contribution in [0.3, 0.4) is 0 Å². The second-order valence-electron chi connectivity index (χ2n) is 6.40. The summed E-state index contributed by atoms with van der Waals surface area (Å²) in [4.78, 5) is 0. The number of anilines is 1. The molecule has 0 fully saturated rings. The van der Waals surface area contributed by atoms with E-state index in [4.69, 9.17) is 12.2 Å². The molecule has 2 aromatic rings. The van der Waals surface area contributed by atoms with E-state index >= 15 is 0 Å². The Hall–Kier alpha value is -1.91. The maximum atomic E-state index is 9.43. The summed E-state index contributed by atoms with van der Waals surface area (Å²) in [6.45, 7) is 5.18. The molecule has 0 aliphatic carbocycles. The molecule has 0 heterocycles. The van der Waals surface area contributed by atoms with E-state index in [1.165, 1.54) is 11.1 Å². The maximum Gasteiger partial charge on any atom is 0.170 e. The van der Waals surface area contributed by atoms with Crippen molar-refractivity contribution >= 4 is 23.0 Å². The largest absolute Gasteiger partial charge is 0.396 e. The Balaban J connectivity index is 1.89. The minimum atomic E-state index is -0.0675. The fourth-order valence-corrected chi connectivity index (χ4v) is 3.07. The smallest absolute Gasteiger partial charge is 0.170 e. The fraction of sp³-hybridized carbons (Fsp3) is 0.350. The predicted molar refractivity (Wildman–Crippen MR) is 106 cm³/mol. The van der Waals surface area contributed by atoms with Crippen molar-refractivity contribution in [2.24, 2.45) is 0 Å². The van der Waals surface area contributed by atoms with Crippen molar-refractivity contribution in [3.63, 3.8) is 0 Å². The highest BCUT2D eigenvalue weighted by atomic mass is 32.1. The van der Waals surface area contributed by atoms with Gasteiger partial charge in [0.15, 0.2) is 5.11 Å². The molecular weight excluding hydrogens is 316 g/mol. The lowest BCUT2D eigenvalue weighted by atomic mass is 9.77. The molecule has 24 heavy (non-hydrogen) atoms. The highest BCUT2D eigenvalue weighted by molar-refractivity contribution is 7.80. The van der Waals surface area contributed by atoms with Crippen molar-refractivity contribution in [3.05, 3.63) is 65.7 Å². The lowest BCUT2D eigenvalue weighted by Crippen LogP contribution is -2.34. The predicted octanol–water partition coefficient (Wildman–Crippen LogP) is 4.01. The molecule has 2 aromatic carbocycles. The first kappa shape index (κ1) is 18.4. The van der Waals surface area contributed by atoms with Crippen molar-refractivity contribution < 1.29 is 5.11 Å². The number of aliphatic hydroxyl groups is 1. The van der Waals surface area contributed by atoms with Crippen LogP contribution in [0.25, 0.3) is 0 Å². The molecule has 1 unspecified atom stereocenters. The Labute approximate surface area is 150 Å². The van der Waals surface area contributed by atoms with Gasteiger partial charge in [-0.05, 0) is 60.7 Å². The Morgan fingerprint density at radius 2 is 1.83 bits per heavy atom. The third kappa shape index (κ3) is 5.32. The Morgan fingerprint density at radius 1 is 1.08 bits per heavy atom. The number of hydrogen-bond donors (Lipinski definition) is 3. The first-order chi connectivity index (χ1) is 11.5. The van der Waals surface area contributed by atoms with Crippen LogP contribution in [0.4, 0.5) is 5.69 Å². The van der Waals surface area contributed by atoms with Gasteiger partial charge in [0.25, 0.3) is 0 Å². The second-order valence-corrected chi connectivity index (χ2v) is 6.81. The van der Waals surface area contributed by atoms with Crippen LogP contribution in [-0.4, -0.2) is 23.4 Å². The van der Waals surface area contributed by atoms with Gasteiger partial charge in [-0.15, -0.1) is 0 Å². The zero-order valence-corrected chi connectivity index (χ0v) is 15.2. The van der Waals surface area contributed by atoms with Gasteiger partial charge in [0.05, 0.1) is 0 Å². The fourth-order valence-electron chi connectivity index (χ4n) is 2.85. The standard InChI is InChI=1S/C20H26N2OS/c1-16-7-6-10-18(15-16)22-19(24)21-13-11-20(2,12-14-23)17-8-4-3-5-9-17/h3-10,15,23H,11-14H2,1-2H3,(H2,21,22,24). The van der Waals surface area contributed by atoms with Crippen molar-refractivity contribution in [1.29, 1.82) is 0 Å². The van der Waals surface area contributed by atoms with Gasteiger partial charge in [-0.1, -0.05) is 49.4 Å². The Morgan fingerprint density at radius 3 is 2.50 bits per heavy atom. The zero-order valence-electron chi connectivity index (χ0n) is 14.4. The van der Waals surface area contributed by atoms with Gasteiger partial charge in [0, 0.05) is 18.8 Å². The zero-order chi connectivity index (χ0) is 17.4. The molecule has 0 aliphatic rings. The van der Waals surface area contributed by atoms with Crippen LogP contribution in [0.1, 0.15) is 30.9 Å². The summed E-state index contributed by atoms with van der Waals surface area (Å²) in [5, 5.41) is 16.5. The summed E-state index contributed by atoms with van der Waals surface area (Å²) in [6.07, 6.45) is 1.63. The van der Waals surface area contributed by atoms with E-state index in [-0.39, 0.29) is 12.0 Å². The van der Waals surface area contributed by atoms with Crippen LogP contribution in [0.15, 0.2) is 54.6 Å². The summed E-state index contributed by atoms with van der Waals surface area (Å²) >= 11 is 5.38. The van der Waals surface area contributed by atoms with E-state index in [2.05, 4.69) is 48.7 Å². The molecule has 0 spiro atoms. The lowest BCUT2D eigenvalue weighted by molar-refractivity contribution is 0.238. The van der Waals surface area contributed by atoms with Crippen LogP contribution in [-0.2, 0) is 5.41 Å². The number of aryl methyl sites for hydroxylation is 1. The van der Waals surface area contributed by atoms with E-state index < -0.39 is 0 Å². The topological polar surface area (TPSA) is 44.3 Å². The highest BCUT2D eigenvalue weighted by Crippen LogP contribution is 2.30. The van der Waals surface area contributed by atoms with Crippen molar-refractivity contribution in [1.82, 2.24) is 5.32 Å². The third-order valence-corrected chi connectivity index (χ3v) is 4.62. The van der Waals surface area contributed by atoms with Crippen LogP contribution >= 0.6 is 12.2 Å². The quantitative estimate of drug-likeness (QED) is 0.665. The van der Waals surface area contributed by atoms with E-state index in [0.29, 0.717) is 5.11 Å². The van der Waals surface area contributed by atoms with Gasteiger partial charge in [0.1, 0.15) is 0 Å². The molecule has 0 saturated carbocycles. The van der Waals surface area contributed by atoms with E-state index in [1.54, 1.807) is 0 Å². The number of nitrogens with one attached hydrogen (secondary N) is 2. The van der Waals surface area contributed by atoms with Gasteiger partial charge in [-0.25, -0.2) is 0 Å². The number of benzene rings is 2. The monoisotopic (exact) mass is 342 g/mol. The summed E-state index contributed by atoms with van der Waals surface area (Å²) in [5.41, 5.74) is 3.37. The molecule has 0 amide bonds. The summed E-state index contributed by atoms with van der Waals surface area (Å²) < 4.78 is 0. The van der Waals surface area contributed by atoms with E-state index in [0.717, 1.165) is 25.1 Å². The van der Waals surface area contributed by atoms with Gasteiger partial charge in [-0.3, -0.25) is 0 Å². The number of thiocarbonyl (C=S) groups is 1. The van der Waals surface area contributed by atoms with Gasteiger partial charge in [-0.2, -0.15) is 0 Å². The Bertz CT molecular complexity index is 660. The minimum absolute atomic E-state index is 0.0675. The summed E-state index contributed by atoms with van der Waals surface area (Å²) in [5.74, 6) is 0. The number of hydrogen-bond acceptors (Lipinski definition) is 2. The number of rotatable bonds is 7. The number of aliphatic hydroxyl groups excluding tert-OH is 1. The SMILES string of the molecule is Cc1cccc(NC(=S)NCCC(C)(CCO)c2ccccc2)c1. The normalized spacial score (nSPS) is 13.1. The molecule has 2 rings (SSSR count). The molecular formula is C20H26N2OS. The molecule has 0 aliphatic heterocycles. The summed E-state index contributed by atoms with van der Waals surface area (Å²) in [6, 6.07) is 18.5. The van der Waals surface area contributed by atoms with Gasteiger partial charge >= 0.3 is 0 Å². The average Bonchev–Trinajstić information content (AvgIpc) is 2.56. The Kier molecular flexibility index (Phi) is 6.76. The highest BCUT2D eigenvalue weighted by Gasteiger charge is 2.25. The van der Waals surface area contributed by atoms with E-state index in [1.807, 2.05) is 30.3 Å². The maximum absolute atomic E-state index is 9.43. The molecule has 0 saturated heterocycles. The van der Waals surface area contributed by atoms with Crippen molar-refractivity contribution in [2.45, 2.75) is 32.1 Å². The molecule has 128 valence electrons. The first-order valence-electron chi connectivity index (χ1n) is 8.31. The van der Waals surface area contributed by atoms with Crippen LogP contribution in [0.2, 0.25) is 0 Å². The average molecular weight is 343 g/mol. The van der Waals surface area contributed by atoms with Crippen molar-refractivity contribution in [2.75, 3.05) is 18.5 Å². The van der Waals surface area contributed by atoms with Crippen LogP contribution < -0.4 is 10.6 Å². The first-order valence-corrected chi connectivity index (χ1v) is 8.72.